The summed E-state index contributed by atoms with van der Waals surface area (Å²) in [6.45, 7) is 1.96. The number of halogens is 1. The van der Waals surface area contributed by atoms with Crippen LogP contribution in [0.5, 0.6) is 11.5 Å². The largest absolute Gasteiger partial charge is 0.456 e. The number of fused-ring (bicyclic) bond motifs is 1. The Balaban J connectivity index is 1.45. The predicted octanol–water partition coefficient (Wildman–Crippen LogP) is 4.80. The Kier molecular flexibility index (Phi) is 7.57. The molecule has 10 heteroatoms. The van der Waals surface area contributed by atoms with Gasteiger partial charge in [-0.2, -0.15) is 5.10 Å². The van der Waals surface area contributed by atoms with Crippen molar-refractivity contribution in [3.8, 4) is 22.8 Å². The van der Waals surface area contributed by atoms with Crippen LogP contribution >= 0.6 is 11.6 Å². The van der Waals surface area contributed by atoms with Crippen LogP contribution in [-0.2, 0) is 4.79 Å². The van der Waals surface area contributed by atoms with Gasteiger partial charge < -0.3 is 20.3 Å². The summed E-state index contributed by atoms with van der Waals surface area (Å²) in [7, 11) is 3.94. The van der Waals surface area contributed by atoms with Gasteiger partial charge in [0.1, 0.15) is 29.3 Å². The van der Waals surface area contributed by atoms with E-state index in [2.05, 4.69) is 9.97 Å². The number of piperidine rings is 1. The van der Waals surface area contributed by atoms with Gasteiger partial charge in [-0.05, 0) is 57.3 Å². The molecule has 2 N–H and O–H groups in total. The first kappa shape index (κ1) is 25.7. The number of hydrogen-bond donors (Lipinski definition) is 1. The molecule has 0 aliphatic carbocycles. The number of para-hydroxylation sites is 1. The number of ether oxygens (including phenoxy) is 1. The number of anilines is 1. The Labute approximate surface area is 226 Å². The molecular formula is C28H30ClN7O2. The molecule has 9 nitrogen and oxygen atoms in total. The average molecular weight is 532 g/mol. The van der Waals surface area contributed by atoms with Gasteiger partial charge >= 0.3 is 0 Å². The molecule has 3 heterocycles. The van der Waals surface area contributed by atoms with Gasteiger partial charge in [-0.1, -0.05) is 35.9 Å². The number of carbonyl (C=O) groups is 1. The number of nitrogens with two attached hydrogens (primary N) is 1. The van der Waals surface area contributed by atoms with Crippen LogP contribution in [0.2, 0.25) is 5.02 Å². The number of aromatic nitrogens is 4. The molecule has 2 aromatic carbocycles. The summed E-state index contributed by atoms with van der Waals surface area (Å²) in [5.41, 5.74) is 8.37. The first-order valence-electron chi connectivity index (χ1n) is 12.5. The van der Waals surface area contributed by atoms with Crippen molar-refractivity contribution in [1.82, 2.24) is 29.5 Å². The topological polar surface area (TPSA) is 102 Å². The number of benzene rings is 2. The number of nitrogens with zero attached hydrogens (tertiary/aromatic N) is 6. The number of carbonyl (C=O) groups excluding carboxylic acids is 1. The van der Waals surface area contributed by atoms with Crippen molar-refractivity contribution >= 4 is 34.4 Å². The second-order valence-electron chi connectivity index (χ2n) is 9.56. The van der Waals surface area contributed by atoms with Crippen LogP contribution in [0.25, 0.3) is 22.3 Å². The molecule has 196 valence electrons. The van der Waals surface area contributed by atoms with Gasteiger partial charge in [0, 0.05) is 31.3 Å². The molecule has 1 aliphatic heterocycles. The number of likely N-dealkylation sites (N-methyl/N-ethyl adjacent to an activating group) is 1. The Morgan fingerprint density at radius 1 is 1.21 bits per heavy atom. The SMILES string of the molecule is CN(C)CC=CC(=O)N1CCC[C@@H](n2nc(-c3ccc(Oc4ccccc4)c(Cl)c3)c3c(N)ncnc32)C1. The highest BCUT2D eigenvalue weighted by molar-refractivity contribution is 6.32. The summed E-state index contributed by atoms with van der Waals surface area (Å²) in [6, 6.07) is 14.9. The number of likely N-dealkylation sites (tertiary alicyclic amines) is 1. The van der Waals surface area contributed by atoms with Gasteiger partial charge in [0.25, 0.3) is 0 Å². The van der Waals surface area contributed by atoms with Crippen LogP contribution in [0.1, 0.15) is 18.9 Å². The van der Waals surface area contributed by atoms with E-state index in [0.29, 0.717) is 58.7 Å². The quantitative estimate of drug-likeness (QED) is 0.342. The Bertz CT molecular complexity index is 1470. The van der Waals surface area contributed by atoms with Gasteiger partial charge in [0.2, 0.25) is 5.91 Å². The van der Waals surface area contributed by atoms with E-state index < -0.39 is 0 Å². The second kappa shape index (κ2) is 11.2. The van der Waals surface area contributed by atoms with Crippen LogP contribution in [0.3, 0.4) is 0 Å². The van der Waals surface area contributed by atoms with Crippen LogP contribution in [0.15, 0.2) is 67.0 Å². The van der Waals surface area contributed by atoms with Crippen molar-refractivity contribution in [1.29, 1.82) is 0 Å². The molecule has 0 unspecified atom stereocenters. The zero-order valence-electron chi connectivity index (χ0n) is 21.4. The molecule has 1 fully saturated rings. The van der Waals surface area contributed by atoms with Crippen molar-refractivity contribution < 1.29 is 9.53 Å². The third-order valence-electron chi connectivity index (χ3n) is 6.48. The fourth-order valence-electron chi connectivity index (χ4n) is 4.62. The lowest BCUT2D eigenvalue weighted by Crippen LogP contribution is -2.40. The summed E-state index contributed by atoms with van der Waals surface area (Å²) < 4.78 is 7.82. The minimum absolute atomic E-state index is 0.00293. The third-order valence-corrected chi connectivity index (χ3v) is 6.77. The zero-order chi connectivity index (χ0) is 26.6. The highest BCUT2D eigenvalue weighted by Gasteiger charge is 2.28. The molecule has 4 aromatic rings. The molecule has 0 bridgehead atoms. The second-order valence-corrected chi connectivity index (χ2v) is 9.96. The first-order chi connectivity index (χ1) is 18.4. The maximum absolute atomic E-state index is 12.8. The molecule has 0 saturated carbocycles. The molecule has 2 aromatic heterocycles. The van der Waals surface area contributed by atoms with Crippen LogP contribution in [0, 0.1) is 0 Å². The average Bonchev–Trinajstić information content (AvgIpc) is 3.31. The Morgan fingerprint density at radius 2 is 2.03 bits per heavy atom. The fourth-order valence-corrected chi connectivity index (χ4v) is 4.84. The lowest BCUT2D eigenvalue weighted by Gasteiger charge is -2.32. The van der Waals surface area contributed by atoms with Gasteiger partial charge in [0.05, 0.1) is 16.5 Å². The highest BCUT2D eigenvalue weighted by atomic mass is 35.5. The molecule has 0 radical (unpaired) electrons. The van der Waals surface area contributed by atoms with E-state index in [0.717, 1.165) is 18.4 Å². The van der Waals surface area contributed by atoms with Crippen LogP contribution in [0.4, 0.5) is 5.82 Å². The number of hydrogen-bond acceptors (Lipinski definition) is 7. The normalized spacial score (nSPS) is 16.0. The molecule has 1 atom stereocenters. The smallest absolute Gasteiger partial charge is 0.246 e. The summed E-state index contributed by atoms with van der Waals surface area (Å²) in [5.74, 6) is 1.58. The molecule has 5 rings (SSSR count). The fraction of sp³-hybridized carbons (Fsp3) is 0.286. The third kappa shape index (κ3) is 5.49. The maximum Gasteiger partial charge on any atom is 0.246 e. The maximum atomic E-state index is 12.8. The highest BCUT2D eigenvalue weighted by Crippen LogP contribution is 2.37. The summed E-state index contributed by atoms with van der Waals surface area (Å²) in [4.78, 5) is 25.4. The van der Waals surface area contributed by atoms with Crippen molar-refractivity contribution in [2.75, 3.05) is 39.5 Å². The van der Waals surface area contributed by atoms with Crippen molar-refractivity contribution in [2.24, 2.45) is 0 Å². The van der Waals surface area contributed by atoms with Crippen molar-refractivity contribution in [3.63, 3.8) is 0 Å². The molecular weight excluding hydrogens is 502 g/mol. The lowest BCUT2D eigenvalue weighted by atomic mass is 10.1. The summed E-state index contributed by atoms with van der Waals surface area (Å²) in [6.07, 6.45) is 6.72. The molecule has 38 heavy (non-hydrogen) atoms. The summed E-state index contributed by atoms with van der Waals surface area (Å²) in [5, 5.41) is 6.06. The summed E-state index contributed by atoms with van der Waals surface area (Å²) >= 11 is 6.62. The monoisotopic (exact) mass is 531 g/mol. The Hall–Kier alpha value is -3.95. The Morgan fingerprint density at radius 3 is 2.79 bits per heavy atom. The molecule has 1 saturated heterocycles. The van der Waals surface area contributed by atoms with Crippen molar-refractivity contribution in [2.45, 2.75) is 18.9 Å². The predicted molar refractivity (Wildman–Crippen MR) is 149 cm³/mol. The van der Waals surface area contributed by atoms with E-state index in [1.165, 1.54) is 6.33 Å². The minimum atomic E-state index is -0.0448. The number of amides is 1. The molecule has 0 spiro atoms. The number of nitrogen functional groups attached to an aromatic ring is 1. The standard InChI is InChI=1S/C28H30ClN7O2/c1-34(2)14-7-11-24(37)35-15-6-8-20(17-35)36-28-25(27(30)31-18-32-28)26(33-36)19-12-13-23(22(29)16-19)38-21-9-4-3-5-10-21/h3-5,7,9-13,16,18,20H,6,8,14-15,17H2,1-2H3,(H2,30,31,32)/t20-/m1/s1. The first-order valence-corrected chi connectivity index (χ1v) is 12.9. The lowest BCUT2D eigenvalue weighted by molar-refractivity contribution is -0.127. The van der Waals surface area contributed by atoms with E-state index in [-0.39, 0.29) is 11.9 Å². The van der Waals surface area contributed by atoms with E-state index in [9.17, 15) is 4.79 Å². The molecule has 1 amide bonds. The zero-order valence-corrected chi connectivity index (χ0v) is 22.2. The molecule has 1 aliphatic rings. The van der Waals surface area contributed by atoms with Crippen LogP contribution < -0.4 is 10.5 Å². The van der Waals surface area contributed by atoms with Gasteiger partial charge in [0.15, 0.2) is 5.65 Å². The van der Waals surface area contributed by atoms with Gasteiger partial charge in [-0.15, -0.1) is 0 Å². The van der Waals surface area contributed by atoms with Gasteiger partial charge in [-0.3, -0.25) is 4.79 Å². The van der Waals surface area contributed by atoms with Gasteiger partial charge in [-0.25, -0.2) is 14.6 Å². The van der Waals surface area contributed by atoms with E-state index in [4.69, 9.17) is 27.2 Å². The van der Waals surface area contributed by atoms with E-state index in [1.807, 2.05) is 83.2 Å². The van der Waals surface area contributed by atoms with E-state index in [1.54, 1.807) is 6.08 Å². The van der Waals surface area contributed by atoms with Crippen molar-refractivity contribution in [3.05, 3.63) is 72.0 Å². The van der Waals surface area contributed by atoms with E-state index >= 15 is 0 Å². The minimum Gasteiger partial charge on any atom is -0.456 e. The van der Waals surface area contributed by atoms with Crippen LogP contribution in [-0.4, -0.2) is 69.2 Å². The number of rotatable bonds is 7.